The first-order valence-electron chi connectivity index (χ1n) is 4.15. The van der Waals surface area contributed by atoms with Gasteiger partial charge in [-0.3, -0.25) is 9.36 Å². The first-order valence-corrected chi connectivity index (χ1v) is 4.94. The maximum absolute atomic E-state index is 11.4. The van der Waals surface area contributed by atoms with E-state index in [0.29, 0.717) is 11.1 Å². The van der Waals surface area contributed by atoms with E-state index < -0.39 is 11.7 Å². The summed E-state index contributed by atoms with van der Waals surface area (Å²) in [7, 11) is 0. The summed E-state index contributed by atoms with van der Waals surface area (Å²) in [6, 6.07) is 5.11. The number of fused-ring (bicyclic) bond motifs is 1. The zero-order valence-electron chi connectivity index (χ0n) is 7.57. The van der Waals surface area contributed by atoms with Crippen LogP contribution in [0.4, 0.5) is 0 Å². The maximum atomic E-state index is 11.4. The van der Waals surface area contributed by atoms with Gasteiger partial charge in [-0.15, -0.1) is 0 Å². The number of halogens is 1. The molecule has 78 valence electrons. The molecule has 6 heteroatoms. The monoisotopic (exact) mass is 270 g/mol. The number of nitrogens with two attached hydrogens (primary N) is 1. The molecule has 0 bridgehead atoms. The zero-order chi connectivity index (χ0) is 11.0. The highest BCUT2D eigenvalue weighted by molar-refractivity contribution is 9.10. The molecule has 0 atom stereocenters. The van der Waals surface area contributed by atoms with Gasteiger partial charge in [0.05, 0.1) is 5.52 Å². The van der Waals surface area contributed by atoms with Gasteiger partial charge in [0.2, 0.25) is 5.91 Å². The Morgan fingerprint density at radius 2 is 2.27 bits per heavy atom. The molecule has 0 radical (unpaired) electrons. The van der Waals surface area contributed by atoms with Gasteiger partial charge >= 0.3 is 5.76 Å². The molecule has 5 nitrogen and oxygen atoms in total. The SMILES string of the molecule is NC(=O)Cn1c(=O)oc2cc(Br)ccc21. The van der Waals surface area contributed by atoms with Crippen LogP contribution in [0.2, 0.25) is 0 Å². The third-order valence-corrected chi connectivity index (χ3v) is 2.44. The van der Waals surface area contributed by atoms with Gasteiger partial charge in [0.15, 0.2) is 5.58 Å². The minimum Gasteiger partial charge on any atom is -0.408 e. The van der Waals surface area contributed by atoms with Crippen molar-refractivity contribution in [1.82, 2.24) is 4.57 Å². The molecule has 1 aromatic carbocycles. The zero-order valence-corrected chi connectivity index (χ0v) is 9.15. The number of rotatable bonds is 2. The van der Waals surface area contributed by atoms with Crippen LogP contribution in [-0.2, 0) is 11.3 Å². The molecule has 0 aliphatic carbocycles. The largest absolute Gasteiger partial charge is 0.420 e. The fraction of sp³-hybridized carbons (Fsp3) is 0.111. The highest BCUT2D eigenvalue weighted by Gasteiger charge is 2.10. The van der Waals surface area contributed by atoms with Crippen LogP contribution in [0.25, 0.3) is 11.1 Å². The summed E-state index contributed by atoms with van der Waals surface area (Å²) in [5.41, 5.74) is 6.01. The molecule has 15 heavy (non-hydrogen) atoms. The summed E-state index contributed by atoms with van der Waals surface area (Å²) in [5.74, 6) is -1.16. The lowest BCUT2D eigenvalue weighted by Gasteiger charge is -1.97. The van der Waals surface area contributed by atoms with Crippen molar-refractivity contribution in [2.45, 2.75) is 6.54 Å². The van der Waals surface area contributed by atoms with Crippen molar-refractivity contribution in [1.29, 1.82) is 0 Å². The normalized spacial score (nSPS) is 10.7. The Morgan fingerprint density at radius 3 is 2.93 bits per heavy atom. The Kier molecular flexibility index (Phi) is 2.36. The number of nitrogens with zero attached hydrogens (tertiary/aromatic N) is 1. The molecule has 0 saturated heterocycles. The van der Waals surface area contributed by atoms with Gasteiger partial charge in [-0.2, -0.15) is 0 Å². The smallest absolute Gasteiger partial charge is 0.408 e. The molecule has 1 heterocycles. The summed E-state index contributed by atoms with van der Waals surface area (Å²) in [6.07, 6.45) is 0. The first kappa shape index (κ1) is 9.97. The van der Waals surface area contributed by atoms with Crippen molar-refractivity contribution >= 4 is 32.9 Å². The number of carbonyl (C=O) groups is 1. The van der Waals surface area contributed by atoms with E-state index in [1.54, 1.807) is 18.2 Å². The average molecular weight is 271 g/mol. The van der Waals surface area contributed by atoms with Gasteiger partial charge < -0.3 is 10.2 Å². The van der Waals surface area contributed by atoms with E-state index in [-0.39, 0.29) is 6.54 Å². The third-order valence-electron chi connectivity index (χ3n) is 1.94. The van der Waals surface area contributed by atoms with Crippen LogP contribution in [0.5, 0.6) is 0 Å². The lowest BCUT2D eigenvalue weighted by molar-refractivity contribution is -0.118. The number of benzene rings is 1. The van der Waals surface area contributed by atoms with E-state index in [4.69, 9.17) is 10.2 Å². The van der Waals surface area contributed by atoms with Crippen LogP contribution in [-0.4, -0.2) is 10.5 Å². The van der Waals surface area contributed by atoms with Gasteiger partial charge in [0.1, 0.15) is 6.54 Å². The Hall–Kier alpha value is -1.56. The molecule has 0 unspecified atom stereocenters. The highest BCUT2D eigenvalue weighted by atomic mass is 79.9. The Bertz CT molecular complexity index is 585. The summed E-state index contributed by atoms with van der Waals surface area (Å²) >= 11 is 3.25. The Morgan fingerprint density at radius 1 is 1.53 bits per heavy atom. The first-order chi connectivity index (χ1) is 7.08. The van der Waals surface area contributed by atoms with Crippen LogP contribution in [0.1, 0.15) is 0 Å². The molecule has 2 N–H and O–H groups in total. The fourth-order valence-corrected chi connectivity index (χ4v) is 1.69. The molecule has 2 rings (SSSR count). The van der Waals surface area contributed by atoms with Gasteiger partial charge in [-0.05, 0) is 18.2 Å². The Labute approximate surface area is 92.6 Å². The second-order valence-electron chi connectivity index (χ2n) is 3.03. The quantitative estimate of drug-likeness (QED) is 0.879. The van der Waals surface area contributed by atoms with Crippen molar-refractivity contribution < 1.29 is 9.21 Å². The topological polar surface area (TPSA) is 78.2 Å². The lowest BCUT2D eigenvalue weighted by atomic mass is 10.3. The van der Waals surface area contributed by atoms with Crippen molar-refractivity contribution in [3.8, 4) is 0 Å². The second kappa shape index (κ2) is 3.54. The number of primary amides is 1. The molecule has 0 aliphatic rings. The maximum Gasteiger partial charge on any atom is 0.420 e. The van der Waals surface area contributed by atoms with Crippen molar-refractivity contribution in [2.75, 3.05) is 0 Å². The van der Waals surface area contributed by atoms with Crippen LogP contribution >= 0.6 is 15.9 Å². The van der Waals surface area contributed by atoms with Gasteiger partial charge in [0, 0.05) is 4.47 Å². The molecule has 0 spiro atoms. The summed E-state index contributed by atoms with van der Waals surface area (Å²) < 4.78 is 6.95. The summed E-state index contributed by atoms with van der Waals surface area (Å²) in [6.45, 7) is -0.173. The Balaban J connectivity index is 2.68. The third kappa shape index (κ3) is 1.80. The second-order valence-corrected chi connectivity index (χ2v) is 3.95. The number of oxazole rings is 1. The van der Waals surface area contributed by atoms with E-state index in [0.717, 1.165) is 4.47 Å². The molecular formula is C9H7BrN2O3. The van der Waals surface area contributed by atoms with Gasteiger partial charge in [-0.25, -0.2) is 4.79 Å². The van der Waals surface area contributed by atoms with E-state index in [1.165, 1.54) is 4.57 Å². The average Bonchev–Trinajstić information content (AvgIpc) is 2.41. The minimum atomic E-state index is -0.582. The van der Waals surface area contributed by atoms with E-state index in [1.807, 2.05) is 0 Å². The van der Waals surface area contributed by atoms with Gasteiger partial charge in [0.25, 0.3) is 0 Å². The molecule has 0 saturated carbocycles. The van der Waals surface area contributed by atoms with Crippen LogP contribution in [0.3, 0.4) is 0 Å². The van der Waals surface area contributed by atoms with Crippen molar-refractivity contribution in [3.05, 3.63) is 33.2 Å². The van der Waals surface area contributed by atoms with E-state index in [9.17, 15) is 9.59 Å². The fourth-order valence-electron chi connectivity index (χ4n) is 1.35. The van der Waals surface area contributed by atoms with Crippen molar-refractivity contribution in [3.63, 3.8) is 0 Å². The van der Waals surface area contributed by atoms with Gasteiger partial charge in [-0.1, -0.05) is 15.9 Å². The molecule has 0 fully saturated rings. The van der Waals surface area contributed by atoms with E-state index in [2.05, 4.69) is 15.9 Å². The lowest BCUT2D eigenvalue weighted by Crippen LogP contribution is -2.24. The predicted octanol–water partition coefficient (Wildman–Crippen LogP) is 0.842. The summed E-state index contributed by atoms with van der Waals surface area (Å²) in [4.78, 5) is 22.1. The van der Waals surface area contributed by atoms with Crippen molar-refractivity contribution in [2.24, 2.45) is 5.73 Å². The number of aromatic nitrogens is 1. The van der Waals surface area contributed by atoms with Crippen LogP contribution in [0.15, 0.2) is 31.9 Å². The van der Waals surface area contributed by atoms with Crippen LogP contribution in [0, 0.1) is 0 Å². The molecule has 2 aromatic rings. The van der Waals surface area contributed by atoms with Crippen LogP contribution < -0.4 is 11.5 Å². The number of amides is 1. The number of carbonyl (C=O) groups excluding carboxylic acids is 1. The minimum absolute atomic E-state index is 0.173. The predicted molar refractivity (Wildman–Crippen MR) is 57.4 cm³/mol. The summed E-state index contributed by atoms with van der Waals surface area (Å²) in [5, 5.41) is 0. The molecule has 0 aliphatic heterocycles. The highest BCUT2D eigenvalue weighted by Crippen LogP contribution is 2.18. The van der Waals surface area contributed by atoms with E-state index >= 15 is 0 Å². The standard InChI is InChI=1S/C9H7BrN2O3/c10-5-1-2-6-7(3-5)15-9(14)12(6)4-8(11)13/h1-3H,4H2,(H2,11,13). The molecule has 1 aromatic heterocycles. The molecular weight excluding hydrogens is 264 g/mol. The number of hydrogen-bond acceptors (Lipinski definition) is 3. The molecule has 1 amide bonds. The number of hydrogen-bond donors (Lipinski definition) is 1.